The molecule has 1 aromatic rings. The van der Waals surface area contributed by atoms with Crippen LogP contribution in [0.25, 0.3) is 0 Å². The van der Waals surface area contributed by atoms with Crippen molar-refractivity contribution in [2.24, 2.45) is 5.41 Å². The van der Waals surface area contributed by atoms with Crippen LogP contribution in [-0.2, 0) is 16.0 Å². The summed E-state index contributed by atoms with van der Waals surface area (Å²) in [4.78, 5) is 8.02. The van der Waals surface area contributed by atoms with Gasteiger partial charge in [0.05, 0.1) is 18.7 Å². The van der Waals surface area contributed by atoms with Gasteiger partial charge in [0, 0.05) is 49.3 Å². The highest BCUT2D eigenvalue weighted by molar-refractivity contribution is 7.09. The first-order valence-corrected chi connectivity index (χ1v) is 7.50. The lowest BCUT2D eigenvalue weighted by atomic mass is 9.80. The molecule has 0 aliphatic carbocycles. The summed E-state index contributed by atoms with van der Waals surface area (Å²) in [5.41, 5.74) is 2.23. The molecule has 3 heterocycles. The van der Waals surface area contributed by atoms with Crippen LogP contribution in [0.15, 0.2) is 11.7 Å². The summed E-state index contributed by atoms with van der Waals surface area (Å²) in [5, 5.41) is 0. The Morgan fingerprint density at radius 2 is 2.17 bits per heavy atom. The first-order chi connectivity index (χ1) is 8.86. The zero-order valence-electron chi connectivity index (χ0n) is 10.6. The van der Waals surface area contributed by atoms with Gasteiger partial charge in [-0.15, -0.1) is 11.3 Å². The maximum absolute atomic E-state index is 5.83. The van der Waals surface area contributed by atoms with E-state index in [4.69, 9.17) is 9.47 Å². The van der Waals surface area contributed by atoms with Crippen LogP contribution in [-0.4, -0.2) is 49.4 Å². The normalized spacial score (nSPS) is 25.1. The van der Waals surface area contributed by atoms with Gasteiger partial charge in [0.1, 0.15) is 0 Å². The van der Waals surface area contributed by atoms with Crippen molar-refractivity contribution in [1.82, 2.24) is 9.88 Å². The van der Waals surface area contributed by atoms with Crippen LogP contribution < -0.4 is 0 Å². The van der Waals surface area contributed by atoms with Crippen LogP contribution in [0, 0.1) is 5.41 Å². The van der Waals surface area contributed by atoms with Crippen LogP contribution in [0.4, 0.5) is 0 Å². The summed E-state index contributed by atoms with van der Waals surface area (Å²) in [6.45, 7) is 6.69. The van der Waals surface area contributed by atoms with Crippen molar-refractivity contribution < 1.29 is 9.47 Å². The van der Waals surface area contributed by atoms with Gasteiger partial charge in [-0.1, -0.05) is 0 Å². The first-order valence-electron chi connectivity index (χ1n) is 6.62. The third-order valence-electron chi connectivity index (χ3n) is 3.94. The highest BCUT2D eigenvalue weighted by Crippen LogP contribution is 2.33. The molecule has 1 spiro atoms. The van der Waals surface area contributed by atoms with Gasteiger partial charge >= 0.3 is 0 Å². The standard InChI is InChI=1S/C13H20N2O2S/c1-4-16-5-2-13(1)9-15(3-6-17-10-13)8-12-7-14-11-18-12/h7,11H,1-6,8-10H2. The fourth-order valence-corrected chi connectivity index (χ4v) is 3.50. The lowest BCUT2D eigenvalue weighted by Crippen LogP contribution is -2.42. The van der Waals surface area contributed by atoms with Gasteiger partial charge in [-0.2, -0.15) is 0 Å². The molecule has 0 N–H and O–H groups in total. The molecule has 2 aliphatic heterocycles. The van der Waals surface area contributed by atoms with E-state index >= 15 is 0 Å². The van der Waals surface area contributed by atoms with Gasteiger partial charge in [-0.3, -0.25) is 9.88 Å². The van der Waals surface area contributed by atoms with Gasteiger partial charge in [0.15, 0.2) is 0 Å². The van der Waals surface area contributed by atoms with Crippen LogP contribution in [0.1, 0.15) is 17.7 Å². The van der Waals surface area contributed by atoms with Crippen molar-refractivity contribution in [2.45, 2.75) is 19.4 Å². The number of rotatable bonds is 2. The molecule has 0 aromatic carbocycles. The number of thiazole rings is 1. The Hall–Kier alpha value is -0.490. The second-order valence-electron chi connectivity index (χ2n) is 5.34. The van der Waals surface area contributed by atoms with Crippen LogP contribution in [0.3, 0.4) is 0 Å². The van der Waals surface area contributed by atoms with Crippen molar-refractivity contribution in [2.75, 3.05) is 39.5 Å². The zero-order chi connectivity index (χ0) is 12.3. The molecule has 4 nitrogen and oxygen atoms in total. The van der Waals surface area contributed by atoms with E-state index in [0.29, 0.717) is 5.41 Å². The average molecular weight is 268 g/mol. The van der Waals surface area contributed by atoms with E-state index in [1.165, 1.54) is 4.88 Å². The van der Waals surface area contributed by atoms with Gasteiger partial charge in [-0.05, 0) is 12.8 Å². The SMILES string of the molecule is c1ncc(CN2CCOCC3(CCOCC3)C2)s1. The summed E-state index contributed by atoms with van der Waals surface area (Å²) in [7, 11) is 0. The summed E-state index contributed by atoms with van der Waals surface area (Å²) in [5.74, 6) is 0. The summed E-state index contributed by atoms with van der Waals surface area (Å²) >= 11 is 1.74. The molecule has 0 atom stereocenters. The smallest absolute Gasteiger partial charge is 0.0794 e. The fraction of sp³-hybridized carbons (Fsp3) is 0.769. The number of hydrogen-bond donors (Lipinski definition) is 0. The van der Waals surface area contributed by atoms with Crippen molar-refractivity contribution in [3.05, 3.63) is 16.6 Å². The fourth-order valence-electron chi connectivity index (χ4n) is 2.86. The van der Waals surface area contributed by atoms with Crippen molar-refractivity contribution in [1.29, 1.82) is 0 Å². The Bertz CT molecular complexity index is 363. The van der Waals surface area contributed by atoms with Crippen LogP contribution in [0.2, 0.25) is 0 Å². The molecular weight excluding hydrogens is 248 g/mol. The quantitative estimate of drug-likeness (QED) is 0.819. The van der Waals surface area contributed by atoms with Gasteiger partial charge in [0.25, 0.3) is 0 Å². The monoisotopic (exact) mass is 268 g/mol. The first kappa shape index (κ1) is 12.5. The van der Waals surface area contributed by atoms with Gasteiger partial charge < -0.3 is 9.47 Å². The minimum atomic E-state index is 0.319. The van der Waals surface area contributed by atoms with E-state index in [-0.39, 0.29) is 0 Å². The molecule has 100 valence electrons. The molecule has 0 bridgehead atoms. The van der Waals surface area contributed by atoms with Crippen molar-refractivity contribution >= 4 is 11.3 Å². The molecule has 2 saturated heterocycles. The maximum atomic E-state index is 5.83. The number of nitrogens with zero attached hydrogens (tertiary/aromatic N) is 2. The summed E-state index contributed by atoms with van der Waals surface area (Å²) < 4.78 is 11.3. The molecule has 18 heavy (non-hydrogen) atoms. The maximum Gasteiger partial charge on any atom is 0.0794 e. The predicted molar refractivity (Wildman–Crippen MR) is 70.7 cm³/mol. The van der Waals surface area contributed by atoms with Gasteiger partial charge in [0.2, 0.25) is 0 Å². The van der Waals surface area contributed by atoms with Crippen molar-refractivity contribution in [3.8, 4) is 0 Å². The molecule has 1 aromatic heterocycles. The molecule has 0 saturated carbocycles. The second-order valence-corrected chi connectivity index (χ2v) is 6.31. The molecule has 2 aliphatic rings. The van der Waals surface area contributed by atoms with Crippen molar-refractivity contribution in [3.63, 3.8) is 0 Å². The summed E-state index contributed by atoms with van der Waals surface area (Å²) in [6, 6.07) is 0. The predicted octanol–water partition coefficient (Wildman–Crippen LogP) is 1.77. The molecule has 3 rings (SSSR count). The summed E-state index contributed by atoms with van der Waals surface area (Å²) in [6.07, 6.45) is 4.24. The minimum absolute atomic E-state index is 0.319. The number of aromatic nitrogens is 1. The molecule has 0 amide bonds. The Kier molecular flexibility index (Phi) is 3.94. The molecule has 0 radical (unpaired) electrons. The lowest BCUT2D eigenvalue weighted by molar-refractivity contribution is -0.0319. The minimum Gasteiger partial charge on any atom is -0.381 e. The van der Waals surface area contributed by atoms with E-state index in [0.717, 1.165) is 58.9 Å². The van der Waals surface area contributed by atoms with E-state index < -0.39 is 0 Å². The number of ether oxygens (including phenoxy) is 2. The Labute approximate surface area is 112 Å². The van der Waals surface area contributed by atoms with E-state index in [1.807, 2.05) is 11.7 Å². The molecule has 2 fully saturated rings. The second kappa shape index (κ2) is 5.65. The Morgan fingerprint density at radius 1 is 1.28 bits per heavy atom. The van der Waals surface area contributed by atoms with Crippen LogP contribution >= 0.6 is 11.3 Å². The lowest BCUT2D eigenvalue weighted by Gasteiger charge is -2.38. The largest absolute Gasteiger partial charge is 0.381 e. The molecular formula is C13H20N2O2S. The highest BCUT2D eigenvalue weighted by Gasteiger charge is 2.36. The topological polar surface area (TPSA) is 34.6 Å². The zero-order valence-corrected chi connectivity index (χ0v) is 11.5. The van der Waals surface area contributed by atoms with Gasteiger partial charge in [-0.25, -0.2) is 0 Å². The van der Waals surface area contributed by atoms with E-state index in [1.54, 1.807) is 11.3 Å². The highest BCUT2D eigenvalue weighted by atomic mass is 32.1. The average Bonchev–Trinajstić information content (AvgIpc) is 2.81. The van der Waals surface area contributed by atoms with E-state index in [9.17, 15) is 0 Å². The third-order valence-corrected chi connectivity index (χ3v) is 4.70. The van der Waals surface area contributed by atoms with Crippen LogP contribution in [0.5, 0.6) is 0 Å². The Balaban J connectivity index is 1.66. The molecule has 0 unspecified atom stereocenters. The number of hydrogen-bond acceptors (Lipinski definition) is 5. The third kappa shape index (κ3) is 2.91. The molecule has 5 heteroatoms. The van der Waals surface area contributed by atoms with E-state index in [2.05, 4.69) is 9.88 Å². The Morgan fingerprint density at radius 3 is 2.94 bits per heavy atom.